The Hall–Kier alpha value is -0.690. The fourth-order valence-corrected chi connectivity index (χ4v) is 1.56. The number of aryl methyl sites for hydroxylation is 1. The van der Waals surface area contributed by atoms with Crippen molar-refractivity contribution in [2.75, 3.05) is 11.9 Å². The maximum Gasteiger partial charge on any atom is 0.0637 e. The van der Waals surface area contributed by atoms with E-state index in [0.717, 1.165) is 17.3 Å². The van der Waals surface area contributed by atoms with Gasteiger partial charge in [-0.2, -0.15) is 0 Å². The normalized spacial score (nSPS) is 10.2. The summed E-state index contributed by atoms with van der Waals surface area (Å²) in [5.41, 5.74) is 2.30. The van der Waals surface area contributed by atoms with Crippen LogP contribution in [0.25, 0.3) is 0 Å². The summed E-state index contributed by atoms with van der Waals surface area (Å²) in [6, 6.07) is 6.06. The summed E-state index contributed by atoms with van der Waals surface area (Å²) >= 11 is 6.05. The Morgan fingerprint density at radius 3 is 2.79 bits per heavy atom. The Morgan fingerprint density at radius 2 is 2.07 bits per heavy atom. The van der Waals surface area contributed by atoms with Crippen LogP contribution in [0.5, 0.6) is 0 Å². The van der Waals surface area contributed by atoms with Gasteiger partial charge < -0.3 is 5.32 Å². The highest BCUT2D eigenvalue weighted by Gasteiger charge is 1.98. The van der Waals surface area contributed by atoms with E-state index in [4.69, 9.17) is 11.6 Å². The number of rotatable bonds is 5. The minimum absolute atomic E-state index is 0.812. The first kappa shape index (κ1) is 11.4. The highest BCUT2D eigenvalue weighted by Crippen LogP contribution is 2.22. The Balaban J connectivity index is 2.45. The topological polar surface area (TPSA) is 12.0 Å². The van der Waals surface area contributed by atoms with E-state index >= 15 is 0 Å². The van der Waals surface area contributed by atoms with Gasteiger partial charge >= 0.3 is 0 Å². The third kappa shape index (κ3) is 3.59. The lowest BCUT2D eigenvalue weighted by molar-refractivity contribution is 0.744. The van der Waals surface area contributed by atoms with E-state index in [9.17, 15) is 0 Å². The number of unbranched alkanes of at least 4 members (excludes halogenated alkanes) is 2. The van der Waals surface area contributed by atoms with Gasteiger partial charge in [0.2, 0.25) is 0 Å². The fraction of sp³-hybridized carbons (Fsp3) is 0.500. The average molecular weight is 212 g/mol. The van der Waals surface area contributed by atoms with Gasteiger partial charge in [0, 0.05) is 6.54 Å². The molecule has 14 heavy (non-hydrogen) atoms. The summed E-state index contributed by atoms with van der Waals surface area (Å²) in [7, 11) is 0. The third-order valence-electron chi connectivity index (χ3n) is 2.22. The largest absolute Gasteiger partial charge is 0.384 e. The molecule has 78 valence electrons. The fourth-order valence-electron chi connectivity index (χ4n) is 1.37. The molecule has 0 radical (unpaired) electrons. The predicted octanol–water partition coefficient (Wildman–Crippen LogP) is 4.25. The van der Waals surface area contributed by atoms with Crippen LogP contribution >= 0.6 is 11.6 Å². The number of benzene rings is 1. The van der Waals surface area contributed by atoms with E-state index < -0.39 is 0 Å². The molecule has 0 fully saturated rings. The smallest absolute Gasteiger partial charge is 0.0637 e. The van der Waals surface area contributed by atoms with Crippen LogP contribution < -0.4 is 5.32 Å². The molecule has 0 heterocycles. The van der Waals surface area contributed by atoms with Gasteiger partial charge in [0.25, 0.3) is 0 Å². The van der Waals surface area contributed by atoms with Gasteiger partial charge in [0.05, 0.1) is 10.7 Å². The third-order valence-corrected chi connectivity index (χ3v) is 2.55. The van der Waals surface area contributed by atoms with Crippen LogP contribution in [-0.2, 0) is 0 Å². The van der Waals surface area contributed by atoms with E-state index in [-0.39, 0.29) is 0 Å². The number of nitrogens with one attached hydrogen (secondary N) is 1. The lowest BCUT2D eigenvalue weighted by Crippen LogP contribution is -2.01. The van der Waals surface area contributed by atoms with Crippen LogP contribution in [0.3, 0.4) is 0 Å². The standard InChI is InChI=1S/C12H18ClN/c1-3-4-5-8-14-12-9-10(2)6-7-11(12)13/h6-7,9,14H,3-5,8H2,1-2H3. The van der Waals surface area contributed by atoms with E-state index in [0.29, 0.717) is 0 Å². The van der Waals surface area contributed by atoms with E-state index in [1.54, 1.807) is 0 Å². The molecule has 0 bridgehead atoms. The molecular formula is C12H18ClN. The lowest BCUT2D eigenvalue weighted by atomic mass is 10.2. The quantitative estimate of drug-likeness (QED) is 0.718. The predicted molar refractivity (Wildman–Crippen MR) is 64.2 cm³/mol. The van der Waals surface area contributed by atoms with Crippen molar-refractivity contribution in [1.82, 2.24) is 0 Å². The van der Waals surface area contributed by atoms with Gasteiger partial charge in [-0.3, -0.25) is 0 Å². The first-order chi connectivity index (χ1) is 6.74. The van der Waals surface area contributed by atoms with Crippen molar-refractivity contribution < 1.29 is 0 Å². The summed E-state index contributed by atoms with van der Waals surface area (Å²) < 4.78 is 0. The minimum Gasteiger partial charge on any atom is -0.384 e. The molecule has 1 aromatic rings. The van der Waals surface area contributed by atoms with E-state index in [1.165, 1.54) is 24.8 Å². The maximum atomic E-state index is 6.05. The summed E-state index contributed by atoms with van der Waals surface area (Å²) in [6.45, 7) is 5.30. The molecule has 1 rings (SSSR count). The average Bonchev–Trinajstić information content (AvgIpc) is 2.18. The van der Waals surface area contributed by atoms with Crippen molar-refractivity contribution >= 4 is 17.3 Å². The molecule has 0 aliphatic carbocycles. The summed E-state index contributed by atoms with van der Waals surface area (Å²) in [4.78, 5) is 0. The second kappa shape index (κ2) is 5.92. The molecule has 2 heteroatoms. The molecule has 0 saturated heterocycles. The minimum atomic E-state index is 0.812. The summed E-state index contributed by atoms with van der Waals surface area (Å²) in [5, 5.41) is 4.17. The lowest BCUT2D eigenvalue weighted by Gasteiger charge is -2.08. The van der Waals surface area contributed by atoms with Crippen molar-refractivity contribution in [1.29, 1.82) is 0 Å². The summed E-state index contributed by atoms with van der Waals surface area (Å²) in [6.07, 6.45) is 3.74. The first-order valence-corrected chi connectivity index (χ1v) is 5.62. The van der Waals surface area contributed by atoms with E-state index in [1.807, 2.05) is 12.1 Å². The molecule has 1 aromatic carbocycles. The van der Waals surface area contributed by atoms with Crippen LogP contribution in [0.2, 0.25) is 5.02 Å². The monoisotopic (exact) mass is 211 g/mol. The molecule has 1 nitrogen and oxygen atoms in total. The van der Waals surface area contributed by atoms with Crippen molar-refractivity contribution in [3.63, 3.8) is 0 Å². The zero-order valence-corrected chi connectivity index (χ0v) is 9.69. The zero-order chi connectivity index (χ0) is 10.4. The Bertz CT molecular complexity index is 284. The first-order valence-electron chi connectivity index (χ1n) is 5.24. The van der Waals surface area contributed by atoms with Crippen molar-refractivity contribution in [3.8, 4) is 0 Å². The second-order valence-electron chi connectivity index (χ2n) is 3.62. The Kier molecular flexibility index (Phi) is 4.81. The van der Waals surface area contributed by atoms with Gasteiger partial charge in [-0.1, -0.05) is 37.4 Å². The molecule has 0 aliphatic rings. The number of halogens is 1. The molecule has 0 atom stereocenters. The van der Waals surface area contributed by atoms with Crippen LogP contribution in [0, 0.1) is 6.92 Å². The molecule has 0 spiro atoms. The molecule has 0 unspecified atom stereocenters. The van der Waals surface area contributed by atoms with Crippen LogP contribution in [0.1, 0.15) is 31.7 Å². The maximum absolute atomic E-state index is 6.05. The summed E-state index contributed by atoms with van der Waals surface area (Å²) in [5.74, 6) is 0. The SMILES string of the molecule is CCCCCNc1cc(C)ccc1Cl. The highest BCUT2D eigenvalue weighted by atomic mass is 35.5. The molecule has 0 aliphatic heterocycles. The molecule has 1 N–H and O–H groups in total. The second-order valence-corrected chi connectivity index (χ2v) is 4.02. The van der Waals surface area contributed by atoms with E-state index in [2.05, 4.69) is 25.2 Å². The zero-order valence-electron chi connectivity index (χ0n) is 8.94. The number of hydrogen-bond donors (Lipinski definition) is 1. The van der Waals surface area contributed by atoms with Gasteiger partial charge in [-0.25, -0.2) is 0 Å². The molecule has 0 aromatic heterocycles. The van der Waals surface area contributed by atoms with Crippen LogP contribution in [0.15, 0.2) is 18.2 Å². The Labute approximate surface area is 91.5 Å². The van der Waals surface area contributed by atoms with Gasteiger partial charge in [-0.05, 0) is 31.0 Å². The van der Waals surface area contributed by atoms with Gasteiger partial charge in [0.15, 0.2) is 0 Å². The molecular weight excluding hydrogens is 194 g/mol. The van der Waals surface area contributed by atoms with Crippen molar-refractivity contribution in [2.45, 2.75) is 33.1 Å². The molecule has 0 saturated carbocycles. The number of hydrogen-bond acceptors (Lipinski definition) is 1. The van der Waals surface area contributed by atoms with Crippen LogP contribution in [0.4, 0.5) is 5.69 Å². The van der Waals surface area contributed by atoms with Crippen molar-refractivity contribution in [2.24, 2.45) is 0 Å². The van der Waals surface area contributed by atoms with Crippen LogP contribution in [-0.4, -0.2) is 6.54 Å². The highest BCUT2D eigenvalue weighted by molar-refractivity contribution is 6.33. The van der Waals surface area contributed by atoms with Crippen molar-refractivity contribution in [3.05, 3.63) is 28.8 Å². The Morgan fingerprint density at radius 1 is 1.29 bits per heavy atom. The van der Waals surface area contributed by atoms with Gasteiger partial charge in [-0.15, -0.1) is 0 Å². The molecule has 0 amide bonds. The number of anilines is 1. The van der Waals surface area contributed by atoms with Gasteiger partial charge in [0.1, 0.15) is 0 Å².